The number of benzene rings is 1. The van der Waals surface area contributed by atoms with Gasteiger partial charge in [-0.1, -0.05) is 27.7 Å². The zero-order chi connectivity index (χ0) is 16.5. The van der Waals surface area contributed by atoms with Crippen molar-refractivity contribution in [1.29, 1.82) is 0 Å². The van der Waals surface area contributed by atoms with E-state index in [4.69, 9.17) is 0 Å². The first kappa shape index (κ1) is 18.0. The molecule has 3 amide bonds. The predicted molar refractivity (Wildman–Crippen MR) is 90.1 cm³/mol. The monoisotopic (exact) mass is 305 g/mol. The van der Waals surface area contributed by atoms with E-state index in [2.05, 4.69) is 29.8 Å². The average Bonchev–Trinajstić information content (AvgIpc) is 2.45. The van der Waals surface area contributed by atoms with E-state index in [0.717, 1.165) is 6.42 Å². The highest BCUT2D eigenvalue weighted by molar-refractivity contribution is 5.95. The number of hydrogen-bond donors (Lipinski definition) is 3. The van der Waals surface area contributed by atoms with E-state index < -0.39 is 0 Å². The lowest BCUT2D eigenvalue weighted by atomic mass is 10.1. The fraction of sp³-hybridized carbons (Fsp3) is 0.529. The Morgan fingerprint density at radius 1 is 0.955 bits per heavy atom. The minimum absolute atomic E-state index is 0.0957. The van der Waals surface area contributed by atoms with Crippen molar-refractivity contribution < 1.29 is 9.59 Å². The molecule has 5 nitrogen and oxygen atoms in total. The molecule has 122 valence electrons. The number of carbonyl (C=O) groups is 2. The third kappa shape index (κ3) is 7.11. The number of urea groups is 1. The molecule has 0 fully saturated rings. The molecule has 0 bridgehead atoms. The van der Waals surface area contributed by atoms with Crippen LogP contribution in [0.15, 0.2) is 24.3 Å². The summed E-state index contributed by atoms with van der Waals surface area (Å²) in [5.74, 6) is 0.880. The Kier molecular flexibility index (Phi) is 7.43. The largest absolute Gasteiger partial charge is 0.352 e. The first-order valence-corrected chi connectivity index (χ1v) is 7.81. The van der Waals surface area contributed by atoms with Crippen molar-refractivity contribution in [3.05, 3.63) is 29.8 Å². The molecule has 0 spiro atoms. The lowest BCUT2D eigenvalue weighted by Crippen LogP contribution is -2.30. The molecule has 1 aromatic carbocycles. The highest BCUT2D eigenvalue weighted by Crippen LogP contribution is 2.09. The van der Waals surface area contributed by atoms with Crippen LogP contribution in [0.5, 0.6) is 0 Å². The minimum atomic E-state index is -0.224. The highest BCUT2D eigenvalue weighted by atomic mass is 16.2. The molecule has 0 aliphatic carbocycles. The van der Waals surface area contributed by atoms with Gasteiger partial charge < -0.3 is 16.0 Å². The van der Waals surface area contributed by atoms with Gasteiger partial charge in [0, 0.05) is 24.3 Å². The van der Waals surface area contributed by atoms with E-state index in [1.165, 1.54) is 0 Å². The van der Waals surface area contributed by atoms with Crippen LogP contribution in [0, 0.1) is 11.8 Å². The third-order valence-corrected chi connectivity index (χ3v) is 3.08. The van der Waals surface area contributed by atoms with Gasteiger partial charge in [-0.15, -0.1) is 0 Å². The van der Waals surface area contributed by atoms with E-state index in [-0.39, 0.29) is 11.9 Å². The van der Waals surface area contributed by atoms with Gasteiger partial charge in [0.2, 0.25) is 0 Å². The molecular weight excluding hydrogens is 278 g/mol. The van der Waals surface area contributed by atoms with Gasteiger partial charge in [-0.2, -0.15) is 0 Å². The second-order valence-corrected chi connectivity index (χ2v) is 6.24. The molecule has 1 aromatic rings. The van der Waals surface area contributed by atoms with E-state index >= 15 is 0 Å². The predicted octanol–water partition coefficient (Wildman–Crippen LogP) is 3.24. The van der Waals surface area contributed by atoms with Crippen molar-refractivity contribution in [2.24, 2.45) is 11.8 Å². The molecule has 0 radical (unpaired) electrons. The third-order valence-electron chi connectivity index (χ3n) is 3.08. The van der Waals surface area contributed by atoms with Gasteiger partial charge in [-0.05, 0) is 42.5 Å². The van der Waals surface area contributed by atoms with Gasteiger partial charge in [0.15, 0.2) is 0 Å². The molecular formula is C17H27N3O2. The molecule has 0 aliphatic heterocycles. The van der Waals surface area contributed by atoms with Gasteiger partial charge >= 0.3 is 6.03 Å². The first-order valence-electron chi connectivity index (χ1n) is 7.81. The van der Waals surface area contributed by atoms with Crippen molar-refractivity contribution >= 4 is 17.6 Å². The number of nitrogens with one attached hydrogen (secondary N) is 3. The lowest BCUT2D eigenvalue weighted by Gasteiger charge is -2.10. The van der Waals surface area contributed by atoms with Crippen molar-refractivity contribution in [3.63, 3.8) is 0 Å². The SMILES string of the molecule is CC(C)CCNC(=O)Nc1ccc(C(=O)NCC(C)C)cc1. The molecule has 0 atom stereocenters. The number of rotatable bonds is 7. The summed E-state index contributed by atoms with van der Waals surface area (Å²) in [6.07, 6.45) is 0.947. The Labute approximate surface area is 132 Å². The normalized spacial score (nSPS) is 10.6. The van der Waals surface area contributed by atoms with Crippen LogP contribution in [0.1, 0.15) is 44.5 Å². The molecule has 22 heavy (non-hydrogen) atoms. The minimum Gasteiger partial charge on any atom is -0.352 e. The second-order valence-electron chi connectivity index (χ2n) is 6.24. The quantitative estimate of drug-likeness (QED) is 0.723. The summed E-state index contributed by atoms with van der Waals surface area (Å²) in [6, 6.07) is 6.65. The molecule has 3 N–H and O–H groups in total. The van der Waals surface area contributed by atoms with Crippen molar-refractivity contribution in [2.75, 3.05) is 18.4 Å². The Morgan fingerprint density at radius 2 is 1.59 bits per heavy atom. The van der Waals surface area contributed by atoms with Crippen LogP contribution < -0.4 is 16.0 Å². The van der Waals surface area contributed by atoms with Gasteiger partial charge in [0.1, 0.15) is 0 Å². The summed E-state index contributed by atoms with van der Waals surface area (Å²) in [6.45, 7) is 9.62. The Hall–Kier alpha value is -2.04. The van der Waals surface area contributed by atoms with Gasteiger partial charge in [-0.3, -0.25) is 4.79 Å². The van der Waals surface area contributed by atoms with E-state index in [1.54, 1.807) is 24.3 Å². The maximum absolute atomic E-state index is 11.9. The highest BCUT2D eigenvalue weighted by Gasteiger charge is 2.07. The van der Waals surface area contributed by atoms with Gasteiger partial charge in [0.25, 0.3) is 5.91 Å². The van der Waals surface area contributed by atoms with Gasteiger partial charge in [-0.25, -0.2) is 4.79 Å². The molecule has 0 aromatic heterocycles. The number of hydrogen-bond acceptors (Lipinski definition) is 2. The van der Waals surface area contributed by atoms with E-state index in [0.29, 0.717) is 36.2 Å². The molecule has 0 aliphatic rings. The molecule has 0 unspecified atom stereocenters. The fourth-order valence-electron chi connectivity index (χ4n) is 1.75. The average molecular weight is 305 g/mol. The van der Waals surface area contributed by atoms with Crippen LogP contribution in [-0.2, 0) is 0 Å². The van der Waals surface area contributed by atoms with Crippen LogP contribution in [0.4, 0.5) is 10.5 Å². The maximum atomic E-state index is 11.9. The molecule has 1 rings (SSSR count). The standard InChI is InChI=1S/C17H27N3O2/c1-12(2)9-10-18-17(22)20-15-7-5-14(6-8-15)16(21)19-11-13(3)4/h5-8,12-13H,9-11H2,1-4H3,(H,19,21)(H2,18,20,22). The molecule has 0 saturated heterocycles. The zero-order valence-corrected chi connectivity index (χ0v) is 13.9. The topological polar surface area (TPSA) is 70.2 Å². The Bertz CT molecular complexity index is 481. The van der Waals surface area contributed by atoms with Crippen LogP contribution in [-0.4, -0.2) is 25.0 Å². The van der Waals surface area contributed by atoms with Crippen LogP contribution in [0.3, 0.4) is 0 Å². The van der Waals surface area contributed by atoms with Crippen LogP contribution in [0.25, 0.3) is 0 Å². The summed E-state index contributed by atoms with van der Waals surface area (Å²) >= 11 is 0. The maximum Gasteiger partial charge on any atom is 0.319 e. The summed E-state index contributed by atoms with van der Waals surface area (Å²) in [5, 5.41) is 8.41. The van der Waals surface area contributed by atoms with Crippen molar-refractivity contribution in [1.82, 2.24) is 10.6 Å². The molecule has 5 heteroatoms. The Balaban J connectivity index is 2.44. The van der Waals surface area contributed by atoms with Crippen LogP contribution in [0.2, 0.25) is 0 Å². The van der Waals surface area contributed by atoms with Crippen LogP contribution >= 0.6 is 0 Å². The van der Waals surface area contributed by atoms with E-state index in [9.17, 15) is 9.59 Å². The van der Waals surface area contributed by atoms with Crippen molar-refractivity contribution in [3.8, 4) is 0 Å². The second kappa shape index (κ2) is 9.07. The molecule has 0 saturated carbocycles. The zero-order valence-electron chi connectivity index (χ0n) is 13.9. The summed E-state index contributed by atoms with van der Waals surface area (Å²) in [7, 11) is 0. The lowest BCUT2D eigenvalue weighted by molar-refractivity contribution is 0.0949. The summed E-state index contributed by atoms with van der Waals surface area (Å²) < 4.78 is 0. The fourth-order valence-corrected chi connectivity index (χ4v) is 1.75. The van der Waals surface area contributed by atoms with Crippen molar-refractivity contribution in [2.45, 2.75) is 34.1 Å². The number of carbonyl (C=O) groups excluding carboxylic acids is 2. The number of anilines is 1. The first-order chi connectivity index (χ1) is 10.4. The molecule has 0 heterocycles. The Morgan fingerprint density at radius 3 is 2.14 bits per heavy atom. The summed E-state index contributed by atoms with van der Waals surface area (Å²) in [4.78, 5) is 23.6. The number of amides is 3. The van der Waals surface area contributed by atoms with E-state index in [1.807, 2.05) is 13.8 Å². The summed E-state index contributed by atoms with van der Waals surface area (Å²) in [5.41, 5.74) is 1.26. The smallest absolute Gasteiger partial charge is 0.319 e. The van der Waals surface area contributed by atoms with Gasteiger partial charge in [0.05, 0.1) is 0 Å².